The van der Waals surface area contributed by atoms with Crippen LogP contribution >= 0.6 is 22.9 Å². The van der Waals surface area contributed by atoms with Crippen molar-refractivity contribution in [2.45, 2.75) is 44.1 Å². The molecule has 3 heterocycles. The average molecular weight is 493 g/mol. The Morgan fingerprint density at radius 1 is 1.31 bits per heavy atom. The second-order valence-corrected chi connectivity index (χ2v) is 12.1. The van der Waals surface area contributed by atoms with Crippen molar-refractivity contribution >= 4 is 49.9 Å². The highest BCUT2D eigenvalue weighted by atomic mass is 35.5. The Hall–Kier alpha value is -1.71. The molecule has 2 aromatic heterocycles. The number of benzene rings is 1. The number of carbonyl (C=O) groups excluding carboxylic acids is 1. The van der Waals surface area contributed by atoms with Crippen LogP contribution in [0.1, 0.15) is 41.4 Å². The highest BCUT2D eigenvalue weighted by Gasteiger charge is 2.37. The van der Waals surface area contributed by atoms with Gasteiger partial charge in [-0.15, -0.1) is 11.3 Å². The van der Waals surface area contributed by atoms with Crippen molar-refractivity contribution in [3.63, 3.8) is 0 Å². The maximum Gasteiger partial charge on any atom is 0.268 e. The molecule has 9 heteroatoms. The Kier molecular flexibility index (Phi) is 5.92. The van der Waals surface area contributed by atoms with Crippen LogP contribution in [-0.2, 0) is 26.7 Å². The smallest absolute Gasteiger partial charge is 0.268 e. The molecule has 1 saturated heterocycles. The van der Waals surface area contributed by atoms with Crippen LogP contribution < -0.4 is 5.32 Å². The number of hydrogen-bond acceptors (Lipinski definition) is 5. The average Bonchev–Trinajstić information content (AvgIpc) is 3.44. The predicted molar refractivity (Wildman–Crippen MR) is 128 cm³/mol. The summed E-state index contributed by atoms with van der Waals surface area (Å²) in [4.78, 5) is 17.0. The molecule has 2 N–H and O–H groups in total. The lowest BCUT2D eigenvalue weighted by Gasteiger charge is -2.22. The SMILES string of the molecule is CC1(C)OC[C@@H](CS(=O)C[C@@H]2c3ccccc3C[C@H]2NC(=O)c2cc3cc(Cl)sc3[nH]2)O1. The molecule has 0 saturated carbocycles. The van der Waals surface area contributed by atoms with Crippen LogP contribution in [0, 0.1) is 0 Å². The molecule has 1 aliphatic heterocycles. The number of amides is 1. The second-order valence-electron chi connectivity index (χ2n) is 8.83. The molecule has 1 amide bonds. The summed E-state index contributed by atoms with van der Waals surface area (Å²) in [7, 11) is -1.11. The van der Waals surface area contributed by atoms with E-state index in [0.717, 1.165) is 22.2 Å². The summed E-state index contributed by atoms with van der Waals surface area (Å²) in [6.45, 7) is 4.19. The van der Waals surface area contributed by atoms with Crippen LogP contribution in [0.3, 0.4) is 0 Å². The lowest BCUT2D eigenvalue weighted by Crippen LogP contribution is -2.40. The third kappa shape index (κ3) is 4.52. The van der Waals surface area contributed by atoms with Crippen LogP contribution in [-0.4, -0.2) is 51.1 Å². The molecule has 0 bridgehead atoms. The zero-order valence-corrected chi connectivity index (χ0v) is 20.2. The van der Waals surface area contributed by atoms with E-state index < -0.39 is 16.6 Å². The van der Waals surface area contributed by atoms with E-state index in [2.05, 4.69) is 22.4 Å². The first-order valence-corrected chi connectivity index (χ1v) is 13.3. The van der Waals surface area contributed by atoms with E-state index in [1.807, 2.05) is 38.1 Å². The van der Waals surface area contributed by atoms with Crippen LogP contribution in [0.25, 0.3) is 10.2 Å². The van der Waals surface area contributed by atoms with Crippen molar-refractivity contribution in [2.24, 2.45) is 0 Å². The molecule has 0 radical (unpaired) electrons. The predicted octanol–water partition coefficient (Wildman–Crippen LogP) is 4.22. The molecule has 1 aromatic carbocycles. The Labute approximate surface area is 198 Å². The molecule has 6 nitrogen and oxygen atoms in total. The second kappa shape index (κ2) is 8.57. The number of hydrogen-bond donors (Lipinski definition) is 2. The molecule has 2 aliphatic rings. The molecule has 170 valence electrons. The van der Waals surface area contributed by atoms with E-state index in [4.69, 9.17) is 21.1 Å². The maximum absolute atomic E-state index is 13.0. The number of thiophene rings is 1. The largest absolute Gasteiger partial charge is 0.348 e. The van der Waals surface area contributed by atoms with Gasteiger partial charge in [-0.2, -0.15) is 0 Å². The van der Waals surface area contributed by atoms with Gasteiger partial charge >= 0.3 is 0 Å². The van der Waals surface area contributed by atoms with Gasteiger partial charge in [0.15, 0.2) is 5.79 Å². The first-order chi connectivity index (χ1) is 15.3. The highest BCUT2D eigenvalue weighted by molar-refractivity contribution is 7.85. The summed E-state index contributed by atoms with van der Waals surface area (Å²) >= 11 is 7.46. The van der Waals surface area contributed by atoms with Gasteiger partial charge in [-0.3, -0.25) is 9.00 Å². The van der Waals surface area contributed by atoms with Gasteiger partial charge in [0.2, 0.25) is 0 Å². The summed E-state index contributed by atoms with van der Waals surface area (Å²) < 4.78 is 25.2. The summed E-state index contributed by atoms with van der Waals surface area (Å²) in [6.07, 6.45) is 0.551. The van der Waals surface area contributed by atoms with Gasteiger partial charge < -0.3 is 19.8 Å². The van der Waals surface area contributed by atoms with Crippen LogP contribution in [0.4, 0.5) is 0 Å². The first kappa shape index (κ1) is 22.1. The van der Waals surface area contributed by atoms with Gasteiger partial charge in [-0.1, -0.05) is 35.9 Å². The zero-order valence-electron chi connectivity index (χ0n) is 17.9. The third-order valence-electron chi connectivity index (χ3n) is 6.02. The van der Waals surface area contributed by atoms with Crippen molar-refractivity contribution in [1.82, 2.24) is 10.3 Å². The topological polar surface area (TPSA) is 80.4 Å². The monoisotopic (exact) mass is 492 g/mol. The molecule has 1 unspecified atom stereocenters. The standard InChI is InChI=1S/C23H25ClN2O4S2/c1-23(2)29-10-15(30-23)11-32(28)12-17-16-6-4-3-5-13(16)7-18(17)25-21(27)19-8-14-9-20(24)31-22(14)26-19/h3-6,8-9,15,17-18,26H,7,10-12H2,1-2H3,(H,25,27)/t15-,17+,18+,32?/m0/s1. The minimum Gasteiger partial charge on any atom is -0.348 e. The number of fused-ring (bicyclic) bond motifs is 2. The van der Waals surface area contributed by atoms with Crippen LogP contribution in [0.2, 0.25) is 4.34 Å². The van der Waals surface area contributed by atoms with Crippen LogP contribution in [0.15, 0.2) is 36.4 Å². The highest BCUT2D eigenvalue weighted by Crippen LogP contribution is 2.35. The van der Waals surface area contributed by atoms with Gasteiger partial charge in [0, 0.05) is 33.9 Å². The number of nitrogens with one attached hydrogen (secondary N) is 2. The van der Waals surface area contributed by atoms with Crippen molar-refractivity contribution in [1.29, 1.82) is 0 Å². The molecule has 4 atom stereocenters. The Morgan fingerprint density at radius 3 is 2.88 bits per heavy atom. The number of aromatic amines is 1. The van der Waals surface area contributed by atoms with Crippen LogP contribution in [0.5, 0.6) is 0 Å². The fraction of sp³-hybridized carbons (Fsp3) is 0.435. The number of aromatic nitrogens is 1. The third-order valence-corrected chi connectivity index (χ3v) is 8.69. The van der Waals surface area contributed by atoms with Gasteiger partial charge in [-0.25, -0.2) is 0 Å². The van der Waals surface area contributed by atoms with E-state index in [0.29, 0.717) is 28.1 Å². The Bertz CT molecular complexity index is 1160. The fourth-order valence-corrected chi connectivity index (χ4v) is 7.27. The van der Waals surface area contributed by atoms with E-state index in [1.54, 1.807) is 0 Å². The number of ether oxygens (including phenoxy) is 2. The molecule has 3 aromatic rings. The molecule has 32 heavy (non-hydrogen) atoms. The zero-order chi connectivity index (χ0) is 22.5. The van der Waals surface area contributed by atoms with E-state index >= 15 is 0 Å². The van der Waals surface area contributed by atoms with Gasteiger partial charge in [0.25, 0.3) is 5.91 Å². The van der Waals surface area contributed by atoms with Crippen molar-refractivity contribution in [2.75, 3.05) is 18.1 Å². The van der Waals surface area contributed by atoms with Gasteiger partial charge in [-0.05, 0) is 43.5 Å². The fourth-order valence-electron chi connectivity index (χ4n) is 4.62. The lowest BCUT2D eigenvalue weighted by molar-refractivity contribution is -0.135. The minimum absolute atomic E-state index is 0.0168. The number of carbonyl (C=O) groups is 1. The molecular weight excluding hydrogens is 468 g/mol. The molecule has 5 rings (SSSR count). The number of halogens is 1. The van der Waals surface area contributed by atoms with Gasteiger partial charge in [0.1, 0.15) is 10.5 Å². The van der Waals surface area contributed by atoms with Crippen molar-refractivity contribution in [3.8, 4) is 0 Å². The number of rotatable bonds is 6. The normalized spacial score (nSPS) is 25.2. The van der Waals surface area contributed by atoms with E-state index in [1.165, 1.54) is 16.9 Å². The maximum atomic E-state index is 13.0. The summed E-state index contributed by atoms with van der Waals surface area (Å²) in [5.41, 5.74) is 2.87. The molecule has 0 spiro atoms. The molecular formula is C23H25ClN2O4S2. The quantitative estimate of drug-likeness (QED) is 0.540. The Balaban J connectivity index is 1.30. The molecule has 1 aliphatic carbocycles. The van der Waals surface area contributed by atoms with E-state index in [9.17, 15) is 9.00 Å². The van der Waals surface area contributed by atoms with Crippen molar-refractivity contribution < 1.29 is 18.5 Å². The summed E-state index contributed by atoms with van der Waals surface area (Å²) in [5, 5.41) is 4.11. The van der Waals surface area contributed by atoms with Gasteiger partial charge in [0.05, 0.1) is 22.8 Å². The van der Waals surface area contributed by atoms with E-state index in [-0.39, 0.29) is 24.0 Å². The lowest BCUT2D eigenvalue weighted by atomic mass is 10.0. The van der Waals surface area contributed by atoms with Crippen molar-refractivity contribution in [3.05, 3.63) is 57.6 Å². The number of H-pyrrole nitrogens is 1. The summed E-state index contributed by atoms with van der Waals surface area (Å²) in [6, 6.07) is 11.7. The minimum atomic E-state index is -1.11. The first-order valence-electron chi connectivity index (χ1n) is 10.6. The Morgan fingerprint density at radius 2 is 2.12 bits per heavy atom. The summed E-state index contributed by atoms with van der Waals surface area (Å²) in [5.74, 6) is 0.0947. The molecule has 1 fully saturated rings.